The van der Waals surface area contributed by atoms with Crippen molar-refractivity contribution >= 4 is 81.0 Å². The highest BCUT2D eigenvalue weighted by molar-refractivity contribution is 6.70. The Hall–Kier alpha value is -4.54. The molecule has 0 aromatic heterocycles. The first-order valence-corrected chi connectivity index (χ1v) is 12.7. The van der Waals surface area contributed by atoms with Crippen molar-refractivity contribution in [3.05, 3.63) is 72.8 Å². The van der Waals surface area contributed by atoms with Gasteiger partial charge >= 0.3 is 0 Å². The summed E-state index contributed by atoms with van der Waals surface area (Å²) in [5, 5.41) is -2.84. The molecule has 3 aromatic carbocycles. The number of carbonyl (C=O) groups excluding carboxylic acids is 4. The van der Waals surface area contributed by atoms with Gasteiger partial charge in [-0.1, -0.05) is 36.4 Å². The third-order valence-electron chi connectivity index (χ3n) is 6.21. The Balaban J connectivity index is 1.55. The summed E-state index contributed by atoms with van der Waals surface area (Å²) in [7, 11) is 2.89. The summed E-state index contributed by atoms with van der Waals surface area (Å²) < 4.78 is 10.6. The molecule has 2 fully saturated rings. The summed E-state index contributed by atoms with van der Waals surface area (Å²) in [6.07, 6.45) is 0. The molecule has 5 rings (SSSR count). The maximum absolute atomic E-state index is 13.5. The van der Waals surface area contributed by atoms with Gasteiger partial charge in [-0.05, 0) is 36.4 Å². The minimum atomic E-state index is -1.42. The van der Waals surface area contributed by atoms with Crippen LogP contribution in [0.25, 0.3) is 0 Å². The van der Waals surface area contributed by atoms with Crippen molar-refractivity contribution in [2.75, 3.05) is 24.0 Å². The molecule has 3 aromatic rings. The molecule has 2 atom stereocenters. The smallest absolute Gasteiger partial charge is 0.281 e. The SMILES string of the molecule is COc1ccccc1N=C1C(=O)N(c2ccccc2N2C(=O)C(=Nc3ccccc3OC)C(Cl)C2=O)C(=O)C1Cl. The molecule has 2 aliphatic heterocycles. The van der Waals surface area contributed by atoms with Crippen molar-refractivity contribution in [3.8, 4) is 11.5 Å². The maximum Gasteiger partial charge on any atom is 0.281 e. The second-order valence-electron chi connectivity index (χ2n) is 8.51. The van der Waals surface area contributed by atoms with Crippen LogP contribution in [0.1, 0.15) is 0 Å². The molecule has 10 nitrogen and oxygen atoms in total. The van der Waals surface area contributed by atoms with Crippen LogP contribution < -0.4 is 19.3 Å². The number of hydrogen-bond donors (Lipinski definition) is 0. The van der Waals surface area contributed by atoms with E-state index >= 15 is 0 Å². The molecule has 2 saturated heterocycles. The number of alkyl halides is 2. The highest BCUT2D eigenvalue weighted by atomic mass is 35.5. The zero-order chi connectivity index (χ0) is 28.6. The Morgan fingerprint density at radius 1 is 0.600 bits per heavy atom. The van der Waals surface area contributed by atoms with E-state index in [1.54, 1.807) is 60.7 Å². The van der Waals surface area contributed by atoms with E-state index in [1.165, 1.54) is 26.4 Å². The van der Waals surface area contributed by atoms with Crippen LogP contribution in [-0.2, 0) is 19.2 Å². The fourth-order valence-electron chi connectivity index (χ4n) is 4.32. The summed E-state index contributed by atoms with van der Waals surface area (Å²) >= 11 is 12.7. The molecular weight excluding hydrogens is 559 g/mol. The third kappa shape index (κ3) is 4.51. The Kier molecular flexibility index (Phi) is 7.38. The number of aliphatic imine (C=N–C) groups is 2. The van der Waals surface area contributed by atoms with Gasteiger partial charge in [-0.3, -0.25) is 19.2 Å². The van der Waals surface area contributed by atoms with Crippen molar-refractivity contribution < 1.29 is 28.7 Å². The van der Waals surface area contributed by atoms with Gasteiger partial charge in [0.1, 0.15) is 34.3 Å². The maximum atomic E-state index is 13.5. The predicted molar refractivity (Wildman–Crippen MR) is 151 cm³/mol. The molecule has 0 aliphatic carbocycles. The van der Waals surface area contributed by atoms with Crippen LogP contribution in [0.5, 0.6) is 11.5 Å². The van der Waals surface area contributed by atoms with Crippen LogP contribution in [0.4, 0.5) is 22.7 Å². The van der Waals surface area contributed by atoms with Gasteiger partial charge in [-0.15, -0.1) is 23.2 Å². The van der Waals surface area contributed by atoms with E-state index in [2.05, 4.69) is 9.98 Å². The Morgan fingerprint density at radius 3 is 1.32 bits per heavy atom. The number of benzene rings is 3. The molecule has 0 N–H and O–H groups in total. The minimum Gasteiger partial charge on any atom is -0.494 e. The topological polar surface area (TPSA) is 118 Å². The monoisotopic (exact) mass is 578 g/mol. The molecule has 2 unspecified atom stereocenters. The van der Waals surface area contributed by atoms with Gasteiger partial charge in [-0.2, -0.15) is 0 Å². The number of para-hydroxylation sites is 6. The highest BCUT2D eigenvalue weighted by Crippen LogP contribution is 2.38. The predicted octanol–water partition coefficient (Wildman–Crippen LogP) is 4.21. The number of nitrogens with zero attached hydrogens (tertiary/aromatic N) is 4. The van der Waals surface area contributed by atoms with Crippen LogP contribution in [0.2, 0.25) is 0 Å². The Labute approximate surface area is 238 Å². The summed E-state index contributed by atoms with van der Waals surface area (Å²) in [4.78, 5) is 63.7. The quantitative estimate of drug-likeness (QED) is 0.319. The molecule has 202 valence electrons. The normalized spacial score (nSPS) is 21.2. The second-order valence-corrected chi connectivity index (χ2v) is 9.38. The highest BCUT2D eigenvalue weighted by Gasteiger charge is 2.49. The van der Waals surface area contributed by atoms with Crippen LogP contribution in [0, 0.1) is 0 Å². The van der Waals surface area contributed by atoms with E-state index in [9.17, 15) is 19.2 Å². The second kappa shape index (κ2) is 10.9. The summed E-state index contributed by atoms with van der Waals surface area (Å²) in [5.41, 5.74) is 0.0374. The number of anilines is 2. The number of amides is 4. The lowest BCUT2D eigenvalue weighted by Crippen LogP contribution is -2.36. The van der Waals surface area contributed by atoms with Crippen LogP contribution in [0.15, 0.2) is 82.8 Å². The molecule has 12 heteroatoms. The van der Waals surface area contributed by atoms with Crippen molar-refractivity contribution in [1.82, 2.24) is 0 Å². The molecule has 0 bridgehead atoms. The van der Waals surface area contributed by atoms with Crippen LogP contribution in [0.3, 0.4) is 0 Å². The Bertz CT molecular complexity index is 1500. The fourth-order valence-corrected chi connectivity index (χ4v) is 4.80. The van der Waals surface area contributed by atoms with Crippen LogP contribution >= 0.6 is 23.2 Å². The lowest BCUT2D eigenvalue weighted by atomic mass is 10.2. The molecule has 4 amide bonds. The van der Waals surface area contributed by atoms with Gasteiger partial charge in [0.25, 0.3) is 23.6 Å². The number of hydrogen-bond acceptors (Lipinski definition) is 8. The average Bonchev–Trinajstić information content (AvgIpc) is 3.31. The van der Waals surface area contributed by atoms with Gasteiger partial charge in [0, 0.05) is 0 Å². The number of imide groups is 2. The summed E-state index contributed by atoms with van der Waals surface area (Å²) in [5.74, 6) is -2.46. The van der Waals surface area contributed by atoms with Crippen LogP contribution in [-0.4, -0.2) is 60.0 Å². The number of rotatable bonds is 6. The zero-order valence-corrected chi connectivity index (χ0v) is 22.6. The van der Waals surface area contributed by atoms with E-state index in [1.807, 2.05) is 0 Å². The first-order valence-electron chi connectivity index (χ1n) is 11.9. The number of carbonyl (C=O) groups is 4. The van der Waals surface area contributed by atoms with Gasteiger partial charge in [0.2, 0.25) is 0 Å². The van der Waals surface area contributed by atoms with Crippen molar-refractivity contribution in [2.45, 2.75) is 10.8 Å². The van der Waals surface area contributed by atoms with Crippen molar-refractivity contribution in [2.24, 2.45) is 9.98 Å². The number of ether oxygens (including phenoxy) is 2. The summed E-state index contributed by atoms with van der Waals surface area (Å²) in [6, 6.07) is 19.3. The van der Waals surface area contributed by atoms with Gasteiger partial charge in [-0.25, -0.2) is 19.8 Å². The molecule has 0 saturated carbocycles. The molecule has 0 radical (unpaired) electrons. The molecule has 2 aliphatic rings. The molecule has 0 spiro atoms. The van der Waals surface area contributed by atoms with Crippen molar-refractivity contribution in [1.29, 1.82) is 0 Å². The van der Waals surface area contributed by atoms with Gasteiger partial charge in [0.05, 0.1) is 25.6 Å². The first-order chi connectivity index (χ1) is 19.3. The lowest BCUT2D eigenvalue weighted by molar-refractivity contribution is -0.122. The van der Waals surface area contributed by atoms with E-state index < -0.39 is 34.4 Å². The fraction of sp³-hybridized carbons (Fsp3) is 0.143. The first kappa shape index (κ1) is 27.0. The largest absolute Gasteiger partial charge is 0.494 e. The van der Waals surface area contributed by atoms with E-state index in [0.717, 1.165) is 9.80 Å². The number of halogens is 2. The minimum absolute atomic E-state index is 0.0440. The standard InChI is InChI=1S/C28H20Cl2N4O6/c1-39-19-13-7-3-9-15(19)31-23-21(29)25(35)33(27(23)37)17-11-5-6-12-18(17)34-26(36)22(30)24(28(34)38)32-16-10-4-8-14-20(16)40-2/h3-14,21-22H,1-2H3. The Morgan fingerprint density at radius 2 is 0.950 bits per heavy atom. The third-order valence-corrected chi connectivity index (χ3v) is 7.00. The average molecular weight is 579 g/mol. The zero-order valence-electron chi connectivity index (χ0n) is 21.1. The summed E-state index contributed by atoms with van der Waals surface area (Å²) in [6.45, 7) is 0. The molecular formula is C28H20Cl2N4O6. The van der Waals surface area contributed by atoms with Gasteiger partial charge < -0.3 is 9.47 Å². The lowest BCUT2D eigenvalue weighted by Gasteiger charge is -2.22. The van der Waals surface area contributed by atoms with E-state index in [-0.39, 0.29) is 22.8 Å². The van der Waals surface area contributed by atoms with E-state index in [4.69, 9.17) is 32.7 Å². The molecule has 40 heavy (non-hydrogen) atoms. The number of methoxy groups -OCH3 is 2. The molecule has 2 heterocycles. The van der Waals surface area contributed by atoms with Crippen molar-refractivity contribution in [3.63, 3.8) is 0 Å². The van der Waals surface area contributed by atoms with E-state index in [0.29, 0.717) is 22.9 Å². The van der Waals surface area contributed by atoms with Gasteiger partial charge in [0.15, 0.2) is 10.8 Å².